The molecule has 1 aliphatic carbocycles. The first-order valence-electron chi connectivity index (χ1n) is 7.67. The van der Waals surface area contributed by atoms with Gasteiger partial charge in [-0.1, -0.05) is 31.5 Å². The first-order valence-corrected chi connectivity index (χ1v) is 8.04. The maximum absolute atomic E-state index is 6.28. The zero-order valence-electron chi connectivity index (χ0n) is 12.8. The van der Waals surface area contributed by atoms with Crippen molar-refractivity contribution in [3.63, 3.8) is 0 Å². The Labute approximate surface area is 127 Å². The Morgan fingerprint density at radius 1 is 1.35 bits per heavy atom. The predicted octanol–water partition coefficient (Wildman–Crippen LogP) is 4.59. The van der Waals surface area contributed by atoms with Crippen molar-refractivity contribution < 1.29 is 4.74 Å². The number of aryl methyl sites for hydroxylation is 1. The van der Waals surface area contributed by atoms with Crippen LogP contribution in [0.25, 0.3) is 0 Å². The summed E-state index contributed by atoms with van der Waals surface area (Å²) in [5.74, 6) is 1.53. The molecule has 2 nitrogen and oxygen atoms in total. The summed E-state index contributed by atoms with van der Waals surface area (Å²) >= 11 is 6.28. The molecule has 0 atom stereocenters. The molecule has 112 valence electrons. The molecule has 1 aromatic rings. The fraction of sp³-hybridized carbons (Fsp3) is 0.647. The number of ether oxygens (including phenoxy) is 1. The van der Waals surface area contributed by atoms with Crippen LogP contribution in [-0.2, 0) is 0 Å². The van der Waals surface area contributed by atoms with Crippen molar-refractivity contribution in [2.45, 2.75) is 52.1 Å². The lowest BCUT2D eigenvalue weighted by Gasteiger charge is -2.42. The second-order valence-electron chi connectivity index (χ2n) is 6.42. The van der Waals surface area contributed by atoms with Gasteiger partial charge in [0.05, 0.1) is 5.02 Å². The third-order valence-electron chi connectivity index (χ3n) is 3.99. The minimum atomic E-state index is 0.00285. The number of rotatable bonds is 7. The number of hydrogen-bond donors (Lipinski definition) is 1. The van der Waals surface area contributed by atoms with E-state index in [0.29, 0.717) is 5.92 Å². The molecule has 0 radical (unpaired) electrons. The van der Waals surface area contributed by atoms with Crippen LogP contribution in [0.3, 0.4) is 0 Å². The predicted molar refractivity (Wildman–Crippen MR) is 85.7 cm³/mol. The maximum atomic E-state index is 6.28. The fourth-order valence-electron chi connectivity index (χ4n) is 2.60. The van der Waals surface area contributed by atoms with Crippen molar-refractivity contribution in [1.82, 2.24) is 5.32 Å². The first-order chi connectivity index (χ1) is 9.51. The summed E-state index contributed by atoms with van der Waals surface area (Å²) < 4.78 is 6.26. The van der Waals surface area contributed by atoms with Crippen molar-refractivity contribution in [2.75, 3.05) is 13.1 Å². The van der Waals surface area contributed by atoms with Crippen LogP contribution in [0.1, 0.15) is 45.1 Å². The highest BCUT2D eigenvalue weighted by Crippen LogP contribution is 2.41. The van der Waals surface area contributed by atoms with Crippen molar-refractivity contribution in [3.05, 3.63) is 28.8 Å². The summed E-state index contributed by atoms with van der Waals surface area (Å²) in [4.78, 5) is 0. The lowest BCUT2D eigenvalue weighted by atomic mass is 9.77. The average molecular weight is 296 g/mol. The smallest absolute Gasteiger partial charge is 0.138 e. The van der Waals surface area contributed by atoms with E-state index in [9.17, 15) is 0 Å². The number of benzene rings is 1. The van der Waals surface area contributed by atoms with E-state index in [1.165, 1.54) is 12.0 Å². The minimum absolute atomic E-state index is 0.00285. The molecule has 0 aromatic heterocycles. The SMILES string of the molecule is Cc1ccc(OC2(CCNCC(C)C)CCC2)c(Cl)c1. The highest BCUT2D eigenvalue weighted by molar-refractivity contribution is 6.32. The maximum Gasteiger partial charge on any atom is 0.138 e. The van der Waals surface area contributed by atoms with Gasteiger partial charge in [0.25, 0.3) is 0 Å². The summed E-state index contributed by atoms with van der Waals surface area (Å²) in [6.45, 7) is 8.59. The molecule has 20 heavy (non-hydrogen) atoms. The molecule has 0 heterocycles. The summed E-state index contributed by atoms with van der Waals surface area (Å²) in [7, 11) is 0. The summed E-state index contributed by atoms with van der Waals surface area (Å²) in [5.41, 5.74) is 1.17. The number of halogens is 1. The van der Waals surface area contributed by atoms with Gasteiger partial charge in [-0.15, -0.1) is 0 Å². The molecular weight excluding hydrogens is 270 g/mol. The molecule has 0 aliphatic heterocycles. The standard InChI is InChI=1S/C17H26ClNO/c1-13(2)12-19-10-9-17(7-4-8-17)20-16-6-5-14(3)11-15(16)18/h5-6,11,13,19H,4,7-10,12H2,1-3H3. The molecule has 3 heteroatoms. The van der Waals surface area contributed by atoms with Gasteiger partial charge in [-0.05, 0) is 69.3 Å². The third kappa shape index (κ3) is 4.13. The third-order valence-corrected chi connectivity index (χ3v) is 4.28. The van der Waals surface area contributed by atoms with Crippen molar-refractivity contribution in [3.8, 4) is 5.75 Å². The Hall–Kier alpha value is -0.730. The Morgan fingerprint density at radius 3 is 2.65 bits per heavy atom. The van der Waals surface area contributed by atoms with Gasteiger partial charge in [-0.25, -0.2) is 0 Å². The monoisotopic (exact) mass is 295 g/mol. The van der Waals surface area contributed by atoms with Gasteiger partial charge in [-0.3, -0.25) is 0 Å². The molecule has 0 saturated heterocycles. The highest BCUT2D eigenvalue weighted by atomic mass is 35.5. The largest absolute Gasteiger partial charge is 0.486 e. The van der Waals surface area contributed by atoms with Crippen molar-refractivity contribution in [1.29, 1.82) is 0 Å². The van der Waals surface area contributed by atoms with Crippen molar-refractivity contribution in [2.24, 2.45) is 5.92 Å². The van der Waals surface area contributed by atoms with Crippen LogP contribution >= 0.6 is 11.6 Å². The molecule has 2 rings (SSSR count). The van der Waals surface area contributed by atoms with Gasteiger partial charge in [0, 0.05) is 0 Å². The Balaban J connectivity index is 1.90. The van der Waals surface area contributed by atoms with Crippen LogP contribution in [-0.4, -0.2) is 18.7 Å². The molecule has 1 N–H and O–H groups in total. The number of nitrogens with one attached hydrogen (secondary N) is 1. The first kappa shape index (κ1) is 15.7. The van der Waals surface area contributed by atoms with E-state index in [4.69, 9.17) is 16.3 Å². The molecule has 0 spiro atoms. The van der Waals surface area contributed by atoms with E-state index in [2.05, 4.69) is 25.2 Å². The molecule has 0 amide bonds. The van der Waals surface area contributed by atoms with Crippen LogP contribution in [0.2, 0.25) is 5.02 Å². The fourth-order valence-corrected chi connectivity index (χ4v) is 2.88. The van der Waals surface area contributed by atoms with E-state index >= 15 is 0 Å². The Kier molecular flexibility index (Phi) is 5.34. The lowest BCUT2D eigenvalue weighted by Crippen LogP contribution is -2.45. The van der Waals surface area contributed by atoms with E-state index < -0.39 is 0 Å². The van der Waals surface area contributed by atoms with Crippen LogP contribution < -0.4 is 10.1 Å². The van der Waals surface area contributed by atoms with Gasteiger partial charge >= 0.3 is 0 Å². The normalized spacial score (nSPS) is 17.1. The molecule has 0 unspecified atom stereocenters. The van der Waals surface area contributed by atoms with Crippen LogP contribution in [0.15, 0.2) is 18.2 Å². The summed E-state index contributed by atoms with van der Waals surface area (Å²) in [6.07, 6.45) is 4.60. The Bertz CT molecular complexity index is 441. The molecule has 1 aliphatic rings. The average Bonchev–Trinajstić information content (AvgIpc) is 2.33. The van der Waals surface area contributed by atoms with E-state index in [-0.39, 0.29) is 5.60 Å². The van der Waals surface area contributed by atoms with E-state index in [1.807, 2.05) is 19.1 Å². The Morgan fingerprint density at radius 2 is 2.10 bits per heavy atom. The number of hydrogen-bond acceptors (Lipinski definition) is 2. The zero-order chi connectivity index (χ0) is 14.6. The van der Waals surface area contributed by atoms with Gasteiger partial charge < -0.3 is 10.1 Å². The highest BCUT2D eigenvalue weighted by Gasteiger charge is 2.39. The molecule has 0 bridgehead atoms. The van der Waals surface area contributed by atoms with Gasteiger partial charge in [0.1, 0.15) is 11.4 Å². The van der Waals surface area contributed by atoms with Gasteiger partial charge in [0.2, 0.25) is 0 Å². The van der Waals surface area contributed by atoms with E-state index in [0.717, 1.165) is 43.1 Å². The summed E-state index contributed by atoms with van der Waals surface area (Å²) in [5, 5.41) is 4.23. The quantitative estimate of drug-likeness (QED) is 0.743. The molecule has 1 fully saturated rings. The second kappa shape index (κ2) is 6.82. The summed E-state index contributed by atoms with van der Waals surface area (Å²) in [6, 6.07) is 6.03. The molecule has 1 aromatic carbocycles. The van der Waals surface area contributed by atoms with Gasteiger partial charge in [-0.2, -0.15) is 0 Å². The topological polar surface area (TPSA) is 21.3 Å². The van der Waals surface area contributed by atoms with Crippen LogP contribution in [0.4, 0.5) is 0 Å². The minimum Gasteiger partial charge on any atom is -0.486 e. The second-order valence-corrected chi connectivity index (χ2v) is 6.83. The molecular formula is C17H26ClNO. The van der Waals surface area contributed by atoms with Crippen LogP contribution in [0, 0.1) is 12.8 Å². The van der Waals surface area contributed by atoms with E-state index in [1.54, 1.807) is 0 Å². The zero-order valence-corrected chi connectivity index (χ0v) is 13.6. The van der Waals surface area contributed by atoms with Crippen LogP contribution in [0.5, 0.6) is 5.75 Å². The molecule has 1 saturated carbocycles. The lowest BCUT2D eigenvalue weighted by molar-refractivity contribution is -0.0142. The van der Waals surface area contributed by atoms with Crippen molar-refractivity contribution >= 4 is 11.6 Å². The van der Waals surface area contributed by atoms with Gasteiger partial charge in [0.15, 0.2) is 0 Å².